The smallest absolute Gasteiger partial charge is 0.330 e. The molecular weight excluding hydrogens is 314 g/mol. The van der Waals surface area contributed by atoms with Crippen LogP contribution in [-0.4, -0.2) is 44.2 Å². The maximum Gasteiger partial charge on any atom is 0.330 e. The lowest BCUT2D eigenvalue weighted by Crippen LogP contribution is -2.54. The van der Waals surface area contributed by atoms with Gasteiger partial charge in [-0.05, 0) is 25.2 Å². The van der Waals surface area contributed by atoms with Gasteiger partial charge in [0.25, 0.3) is 5.91 Å². The molecule has 6 nitrogen and oxygen atoms in total. The molecule has 1 unspecified atom stereocenters. The molecule has 1 saturated heterocycles. The maximum atomic E-state index is 12.4. The van der Waals surface area contributed by atoms with E-state index in [1.807, 2.05) is 31.2 Å². The van der Waals surface area contributed by atoms with Crippen LogP contribution in [0.3, 0.4) is 0 Å². The molecule has 1 aliphatic heterocycles. The first-order chi connectivity index (χ1) is 11.0. The minimum atomic E-state index is -1.18. The van der Waals surface area contributed by atoms with Crippen molar-refractivity contribution < 1.29 is 14.7 Å². The monoisotopic (exact) mass is 331 g/mol. The van der Waals surface area contributed by atoms with Gasteiger partial charge in [-0.15, -0.1) is 0 Å². The highest BCUT2D eigenvalue weighted by molar-refractivity contribution is 7.99. The van der Waals surface area contributed by atoms with E-state index in [1.54, 1.807) is 6.07 Å². The summed E-state index contributed by atoms with van der Waals surface area (Å²) in [5.41, 5.74) is 1.77. The number of nitrogens with one attached hydrogen (secondary N) is 2. The number of nitrogens with zero attached hydrogens (tertiary/aromatic N) is 1. The highest BCUT2D eigenvalue weighted by Crippen LogP contribution is 2.28. The highest BCUT2D eigenvalue weighted by Gasteiger charge is 2.43. The van der Waals surface area contributed by atoms with Crippen molar-refractivity contribution in [1.82, 2.24) is 15.5 Å². The van der Waals surface area contributed by atoms with E-state index in [2.05, 4.69) is 15.5 Å². The molecule has 0 spiro atoms. The molecule has 23 heavy (non-hydrogen) atoms. The molecule has 0 bridgehead atoms. The number of benzene rings is 1. The average molecular weight is 331 g/mol. The van der Waals surface area contributed by atoms with Gasteiger partial charge in [-0.2, -0.15) is 16.9 Å². The summed E-state index contributed by atoms with van der Waals surface area (Å²) in [6.07, 6.45) is 0.428. The molecule has 2 heterocycles. The first kappa shape index (κ1) is 15.6. The fraction of sp³-hybridized carbons (Fsp3) is 0.312. The molecule has 0 aliphatic carbocycles. The molecule has 3 rings (SSSR count). The molecule has 1 amide bonds. The number of aromatic amines is 1. The Hall–Kier alpha value is -2.28. The Morgan fingerprint density at radius 2 is 2.09 bits per heavy atom. The number of carbonyl (C=O) groups is 2. The normalized spacial score (nSPS) is 20.4. The number of carboxylic acid groups (broad SMARTS) is 1. The Kier molecular flexibility index (Phi) is 4.12. The SMILES string of the molecule is Cc1ccc(-c2cc(C(=O)NC3(C(=O)O)CCSC3)[nH]n2)cc1. The molecule has 1 aromatic heterocycles. The van der Waals surface area contributed by atoms with E-state index in [9.17, 15) is 14.7 Å². The van der Waals surface area contributed by atoms with Gasteiger partial charge < -0.3 is 10.4 Å². The molecule has 1 aliphatic rings. The third kappa shape index (κ3) is 3.10. The molecule has 0 saturated carbocycles. The Balaban J connectivity index is 1.78. The minimum Gasteiger partial charge on any atom is -0.479 e. The van der Waals surface area contributed by atoms with E-state index in [-0.39, 0.29) is 5.69 Å². The maximum absolute atomic E-state index is 12.4. The zero-order valence-corrected chi connectivity index (χ0v) is 13.4. The molecule has 7 heteroatoms. The van der Waals surface area contributed by atoms with Crippen LogP contribution < -0.4 is 5.32 Å². The Bertz CT molecular complexity index is 733. The lowest BCUT2D eigenvalue weighted by molar-refractivity contribution is -0.143. The van der Waals surface area contributed by atoms with Crippen molar-refractivity contribution in [1.29, 1.82) is 0 Å². The molecule has 3 N–H and O–H groups in total. The number of aliphatic carboxylic acids is 1. The minimum absolute atomic E-state index is 0.262. The second kappa shape index (κ2) is 6.08. The standard InChI is InChI=1S/C16H17N3O3S/c1-10-2-4-11(5-3-10)12-8-13(19-18-12)14(20)17-16(15(21)22)6-7-23-9-16/h2-5,8H,6-7,9H2,1H3,(H,17,20)(H,18,19)(H,21,22). The quantitative estimate of drug-likeness (QED) is 0.797. The van der Waals surface area contributed by atoms with E-state index in [4.69, 9.17) is 0 Å². The van der Waals surface area contributed by atoms with Crippen molar-refractivity contribution in [2.45, 2.75) is 18.9 Å². The van der Waals surface area contributed by atoms with Gasteiger partial charge in [0.2, 0.25) is 0 Å². The van der Waals surface area contributed by atoms with Crippen LogP contribution in [0.25, 0.3) is 11.3 Å². The van der Waals surface area contributed by atoms with Crippen molar-refractivity contribution in [3.05, 3.63) is 41.6 Å². The van der Waals surface area contributed by atoms with Crippen LogP contribution in [0.2, 0.25) is 0 Å². The molecule has 1 aromatic carbocycles. The van der Waals surface area contributed by atoms with Gasteiger partial charge in [0, 0.05) is 11.3 Å². The van der Waals surface area contributed by atoms with Crippen LogP contribution in [0, 0.1) is 6.92 Å². The number of carboxylic acids is 1. The first-order valence-electron chi connectivity index (χ1n) is 7.26. The van der Waals surface area contributed by atoms with E-state index in [0.29, 0.717) is 17.9 Å². The molecule has 0 radical (unpaired) electrons. The third-order valence-corrected chi connectivity index (χ3v) is 5.14. The van der Waals surface area contributed by atoms with Gasteiger partial charge in [0.15, 0.2) is 0 Å². The van der Waals surface area contributed by atoms with Crippen LogP contribution in [0.1, 0.15) is 22.5 Å². The van der Waals surface area contributed by atoms with Crippen molar-refractivity contribution in [3.63, 3.8) is 0 Å². The number of thioether (sulfide) groups is 1. The molecule has 2 aromatic rings. The number of carbonyl (C=O) groups excluding carboxylic acids is 1. The zero-order valence-electron chi connectivity index (χ0n) is 12.6. The Morgan fingerprint density at radius 1 is 1.35 bits per heavy atom. The van der Waals surface area contributed by atoms with Crippen LogP contribution >= 0.6 is 11.8 Å². The average Bonchev–Trinajstić information content (AvgIpc) is 3.17. The summed E-state index contributed by atoms with van der Waals surface area (Å²) in [6.45, 7) is 2.00. The van der Waals surface area contributed by atoms with E-state index in [0.717, 1.165) is 16.9 Å². The lowest BCUT2D eigenvalue weighted by atomic mass is 9.99. The van der Waals surface area contributed by atoms with Gasteiger partial charge in [-0.25, -0.2) is 4.79 Å². The van der Waals surface area contributed by atoms with Gasteiger partial charge in [-0.3, -0.25) is 9.89 Å². The fourth-order valence-corrected chi connectivity index (χ4v) is 3.81. The number of aryl methyl sites for hydroxylation is 1. The summed E-state index contributed by atoms with van der Waals surface area (Å²) in [6, 6.07) is 9.44. The summed E-state index contributed by atoms with van der Waals surface area (Å²) in [5.74, 6) is -0.327. The third-order valence-electron chi connectivity index (χ3n) is 3.95. The predicted octanol–water partition coefficient (Wildman–Crippen LogP) is 2.08. The second-order valence-electron chi connectivity index (χ2n) is 5.68. The van der Waals surface area contributed by atoms with Crippen molar-refractivity contribution in [2.24, 2.45) is 0 Å². The number of hydrogen-bond donors (Lipinski definition) is 3. The van der Waals surface area contributed by atoms with Crippen LogP contribution in [-0.2, 0) is 4.79 Å². The van der Waals surface area contributed by atoms with Gasteiger partial charge >= 0.3 is 5.97 Å². The van der Waals surface area contributed by atoms with Crippen molar-refractivity contribution in [2.75, 3.05) is 11.5 Å². The molecule has 1 atom stereocenters. The molecule has 1 fully saturated rings. The number of H-pyrrole nitrogens is 1. The number of hydrogen-bond acceptors (Lipinski definition) is 4. The van der Waals surface area contributed by atoms with Gasteiger partial charge in [-0.1, -0.05) is 29.8 Å². The summed E-state index contributed by atoms with van der Waals surface area (Å²) in [5, 5.41) is 18.9. The van der Waals surface area contributed by atoms with Gasteiger partial charge in [0.05, 0.1) is 5.69 Å². The first-order valence-corrected chi connectivity index (χ1v) is 8.42. The highest BCUT2D eigenvalue weighted by atomic mass is 32.2. The van der Waals surface area contributed by atoms with E-state index in [1.165, 1.54) is 11.8 Å². The Labute approximate surface area is 137 Å². The van der Waals surface area contributed by atoms with Crippen molar-refractivity contribution in [3.8, 4) is 11.3 Å². The summed E-state index contributed by atoms with van der Waals surface area (Å²) in [7, 11) is 0. The van der Waals surface area contributed by atoms with Crippen molar-refractivity contribution >= 4 is 23.6 Å². The number of rotatable bonds is 4. The largest absolute Gasteiger partial charge is 0.479 e. The summed E-state index contributed by atoms with van der Waals surface area (Å²) < 4.78 is 0. The number of amides is 1. The van der Waals surface area contributed by atoms with Crippen LogP contribution in [0.4, 0.5) is 0 Å². The fourth-order valence-electron chi connectivity index (χ4n) is 2.48. The molecule has 120 valence electrons. The zero-order chi connectivity index (χ0) is 16.4. The summed E-state index contributed by atoms with van der Waals surface area (Å²) in [4.78, 5) is 23.8. The summed E-state index contributed by atoms with van der Waals surface area (Å²) >= 11 is 1.53. The van der Waals surface area contributed by atoms with Crippen LogP contribution in [0.5, 0.6) is 0 Å². The van der Waals surface area contributed by atoms with Gasteiger partial charge in [0.1, 0.15) is 11.2 Å². The Morgan fingerprint density at radius 3 is 2.70 bits per heavy atom. The van der Waals surface area contributed by atoms with Crippen LogP contribution in [0.15, 0.2) is 30.3 Å². The molecular formula is C16H17N3O3S. The number of aromatic nitrogens is 2. The second-order valence-corrected chi connectivity index (χ2v) is 6.78. The lowest BCUT2D eigenvalue weighted by Gasteiger charge is -2.23. The van der Waals surface area contributed by atoms with E-state index < -0.39 is 17.4 Å². The van der Waals surface area contributed by atoms with E-state index >= 15 is 0 Å². The topological polar surface area (TPSA) is 95.1 Å². The predicted molar refractivity (Wildman–Crippen MR) is 88.5 cm³/mol.